The summed E-state index contributed by atoms with van der Waals surface area (Å²) in [6, 6.07) is 4.12. The molecule has 2 unspecified atom stereocenters. The zero-order valence-electron chi connectivity index (χ0n) is 20.3. The molecule has 0 radical (unpaired) electrons. The van der Waals surface area contributed by atoms with Gasteiger partial charge in [0.05, 0.1) is 12.5 Å². The number of phenolic OH excluding ortho intramolecular Hbond substituents is 1. The minimum Gasteiger partial charge on any atom is -0.507 e. The number of hydrogen-bond acceptors (Lipinski definition) is 3. The van der Waals surface area contributed by atoms with E-state index in [1.165, 1.54) is 12.8 Å². The second-order valence-electron chi connectivity index (χ2n) is 10.7. The highest BCUT2D eigenvalue weighted by atomic mass is 16.5. The van der Waals surface area contributed by atoms with Gasteiger partial charge in [-0.3, -0.25) is 4.79 Å². The van der Waals surface area contributed by atoms with Crippen LogP contribution in [0.4, 0.5) is 0 Å². The molecule has 166 valence electrons. The molecular formula is C26H44O3. The van der Waals surface area contributed by atoms with E-state index in [-0.39, 0.29) is 22.7 Å². The molecule has 1 rings (SSSR count). The zero-order valence-corrected chi connectivity index (χ0v) is 20.3. The number of ether oxygens (including phenoxy) is 1. The van der Waals surface area contributed by atoms with Crippen molar-refractivity contribution in [1.29, 1.82) is 0 Å². The van der Waals surface area contributed by atoms with Crippen molar-refractivity contribution in [3.8, 4) is 5.75 Å². The fraction of sp³-hybridized carbons (Fsp3) is 0.731. The maximum Gasteiger partial charge on any atom is 0.308 e. The summed E-state index contributed by atoms with van der Waals surface area (Å²) in [5.74, 6) is 0.511. The SMILES string of the molecule is CCCCC(CC)COC(=O)C(C)Cc1cc(C(C)(C)C)c(O)c(C(C)(C)C)c1. The smallest absolute Gasteiger partial charge is 0.308 e. The van der Waals surface area contributed by atoms with Crippen LogP contribution in [0.5, 0.6) is 5.75 Å². The second-order valence-corrected chi connectivity index (χ2v) is 10.7. The maximum atomic E-state index is 12.6. The first kappa shape index (κ1) is 25.5. The van der Waals surface area contributed by atoms with Crippen LogP contribution in [0.3, 0.4) is 0 Å². The Balaban J connectivity index is 2.97. The van der Waals surface area contributed by atoms with Gasteiger partial charge in [0.1, 0.15) is 5.75 Å². The van der Waals surface area contributed by atoms with E-state index in [9.17, 15) is 9.90 Å². The predicted molar refractivity (Wildman–Crippen MR) is 123 cm³/mol. The fourth-order valence-corrected chi connectivity index (χ4v) is 3.63. The van der Waals surface area contributed by atoms with Gasteiger partial charge in [-0.15, -0.1) is 0 Å². The Kier molecular flexibility index (Phi) is 9.24. The summed E-state index contributed by atoms with van der Waals surface area (Å²) in [7, 11) is 0. The van der Waals surface area contributed by atoms with Gasteiger partial charge in [0.15, 0.2) is 0 Å². The fourth-order valence-electron chi connectivity index (χ4n) is 3.63. The Hall–Kier alpha value is -1.51. The molecule has 0 aromatic heterocycles. The molecule has 0 spiro atoms. The van der Waals surface area contributed by atoms with Crippen LogP contribution >= 0.6 is 0 Å². The summed E-state index contributed by atoms with van der Waals surface area (Å²) in [6.07, 6.45) is 5.15. The van der Waals surface area contributed by atoms with Gasteiger partial charge in [-0.1, -0.05) is 93.7 Å². The van der Waals surface area contributed by atoms with Crippen molar-refractivity contribution < 1.29 is 14.6 Å². The molecule has 0 saturated carbocycles. The molecule has 2 atom stereocenters. The highest BCUT2D eigenvalue weighted by Gasteiger charge is 2.27. The topological polar surface area (TPSA) is 46.5 Å². The maximum absolute atomic E-state index is 12.6. The summed E-state index contributed by atoms with van der Waals surface area (Å²) in [4.78, 5) is 12.6. The van der Waals surface area contributed by atoms with Crippen molar-refractivity contribution in [1.82, 2.24) is 0 Å². The Morgan fingerprint density at radius 2 is 1.55 bits per heavy atom. The van der Waals surface area contributed by atoms with E-state index in [4.69, 9.17) is 4.74 Å². The van der Waals surface area contributed by atoms with Crippen LogP contribution in [0.25, 0.3) is 0 Å². The number of aromatic hydroxyl groups is 1. The number of phenols is 1. The lowest BCUT2D eigenvalue weighted by atomic mass is 9.77. The van der Waals surface area contributed by atoms with Crippen molar-refractivity contribution in [2.45, 2.75) is 105 Å². The summed E-state index contributed by atoms with van der Waals surface area (Å²) in [6.45, 7) is 19.5. The average molecular weight is 405 g/mol. The quantitative estimate of drug-likeness (QED) is 0.454. The standard InChI is InChI=1S/C26H44O3/c1-10-12-13-19(11-2)17-29-24(28)18(3)14-20-15-21(25(4,5)6)23(27)22(16-20)26(7,8)9/h15-16,18-19,27H,10-14,17H2,1-9H3. The second kappa shape index (κ2) is 10.5. The van der Waals surface area contributed by atoms with Crippen molar-refractivity contribution in [2.75, 3.05) is 6.61 Å². The Labute approximate surface area is 179 Å². The average Bonchev–Trinajstić information content (AvgIpc) is 2.60. The lowest BCUT2D eigenvalue weighted by Crippen LogP contribution is -2.22. The first-order valence-corrected chi connectivity index (χ1v) is 11.3. The van der Waals surface area contributed by atoms with Gasteiger partial charge >= 0.3 is 5.97 Å². The first-order chi connectivity index (χ1) is 13.3. The molecule has 0 heterocycles. The lowest BCUT2D eigenvalue weighted by Gasteiger charge is -2.28. The van der Waals surface area contributed by atoms with Crippen molar-refractivity contribution in [3.63, 3.8) is 0 Å². The molecule has 3 heteroatoms. The molecule has 0 aliphatic carbocycles. The van der Waals surface area contributed by atoms with Crippen LogP contribution in [-0.2, 0) is 26.8 Å². The third kappa shape index (κ3) is 7.68. The van der Waals surface area contributed by atoms with Gasteiger partial charge in [0.2, 0.25) is 0 Å². The minimum atomic E-state index is -0.205. The molecule has 0 amide bonds. The molecule has 0 aliphatic rings. The molecule has 1 aromatic carbocycles. The minimum absolute atomic E-state index is 0.123. The van der Waals surface area contributed by atoms with Gasteiger partial charge in [-0.2, -0.15) is 0 Å². The van der Waals surface area contributed by atoms with E-state index in [0.717, 1.165) is 29.5 Å². The molecular weight excluding hydrogens is 360 g/mol. The highest BCUT2D eigenvalue weighted by molar-refractivity contribution is 5.72. The van der Waals surface area contributed by atoms with E-state index in [2.05, 4.69) is 67.5 Å². The van der Waals surface area contributed by atoms with Crippen LogP contribution in [-0.4, -0.2) is 17.7 Å². The molecule has 1 N–H and O–H groups in total. The summed E-state index contributed by atoms with van der Waals surface area (Å²) in [5, 5.41) is 10.9. The molecule has 0 bridgehead atoms. The number of unbranched alkanes of at least 4 members (excludes halogenated alkanes) is 1. The van der Waals surface area contributed by atoms with Crippen molar-refractivity contribution >= 4 is 5.97 Å². The number of carbonyl (C=O) groups excluding carboxylic acids is 1. The number of esters is 1. The van der Waals surface area contributed by atoms with E-state index in [0.29, 0.717) is 24.7 Å². The normalized spacial score (nSPS) is 14.5. The predicted octanol–water partition coefficient (Wildman–Crippen LogP) is 6.93. The van der Waals surface area contributed by atoms with Crippen LogP contribution in [0.15, 0.2) is 12.1 Å². The molecule has 29 heavy (non-hydrogen) atoms. The van der Waals surface area contributed by atoms with E-state index in [1.54, 1.807) is 0 Å². The highest BCUT2D eigenvalue weighted by Crippen LogP contribution is 2.40. The molecule has 3 nitrogen and oxygen atoms in total. The van der Waals surface area contributed by atoms with E-state index in [1.807, 2.05) is 6.92 Å². The van der Waals surface area contributed by atoms with E-state index >= 15 is 0 Å². The summed E-state index contributed by atoms with van der Waals surface area (Å²) < 4.78 is 5.66. The number of benzene rings is 1. The summed E-state index contributed by atoms with van der Waals surface area (Å²) >= 11 is 0. The zero-order chi connectivity index (χ0) is 22.4. The Bertz CT molecular complexity index is 627. The van der Waals surface area contributed by atoms with Crippen LogP contribution in [0.1, 0.15) is 105 Å². The van der Waals surface area contributed by atoms with Gasteiger partial charge in [-0.25, -0.2) is 0 Å². The molecule has 1 aromatic rings. The third-order valence-corrected chi connectivity index (χ3v) is 5.73. The number of carbonyl (C=O) groups is 1. The summed E-state index contributed by atoms with van der Waals surface area (Å²) in [5.41, 5.74) is 2.62. The van der Waals surface area contributed by atoms with Crippen LogP contribution in [0.2, 0.25) is 0 Å². The van der Waals surface area contributed by atoms with Gasteiger partial charge in [-0.05, 0) is 46.3 Å². The Morgan fingerprint density at radius 1 is 1.03 bits per heavy atom. The van der Waals surface area contributed by atoms with Crippen LogP contribution < -0.4 is 0 Å². The molecule has 0 saturated heterocycles. The molecule has 0 fully saturated rings. The number of hydrogen-bond donors (Lipinski definition) is 1. The van der Waals surface area contributed by atoms with E-state index < -0.39 is 0 Å². The number of rotatable bonds is 9. The largest absolute Gasteiger partial charge is 0.507 e. The lowest BCUT2D eigenvalue weighted by molar-refractivity contribution is -0.149. The van der Waals surface area contributed by atoms with Gasteiger partial charge in [0.25, 0.3) is 0 Å². The third-order valence-electron chi connectivity index (χ3n) is 5.73. The van der Waals surface area contributed by atoms with Crippen LogP contribution in [0, 0.1) is 11.8 Å². The molecule has 0 aliphatic heterocycles. The first-order valence-electron chi connectivity index (χ1n) is 11.3. The van der Waals surface area contributed by atoms with Gasteiger partial charge < -0.3 is 9.84 Å². The monoisotopic (exact) mass is 404 g/mol. The Morgan fingerprint density at radius 3 is 1.97 bits per heavy atom. The van der Waals surface area contributed by atoms with Crippen molar-refractivity contribution in [2.24, 2.45) is 11.8 Å². The van der Waals surface area contributed by atoms with Gasteiger partial charge in [0, 0.05) is 0 Å². The van der Waals surface area contributed by atoms with Crippen molar-refractivity contribution in [3.05, 3.63) is 28.8 Å².